The number of rotatable bonds is 3. The SMILES string of the molecule is [CH2]C(Cl)(CCC)OC(C)=O. The van der Waals surface area contributed by atoms with Gasteiger partial charge in [-0.15, -0.1) is 0 Å². The zero-order valence-electron chi connectivity index (χ0n) is 6.32. The van der Waals surface area contributed by atoms with Gasteiger partial charge in [0.1, 0.15) is 0 Å². The molecule has 2 nitrogen and oxygen atoms in total. The average molecular weight is 164 g/mol. The molecule has 59 valence electrons. The number of alkyl halides is 1. The van der Waals surface area contributed by atoms with Crippen LogP contribution in [0.4, 0.5) is 0 Å². The highest BCUT2D eigenvalue weighted by atomic mass is 35.5. The molecule has 3 heteroatoms. The van der Waals surface area contributed by atoms with Crippen LogP contribution < -0.4 is 0 Å². The predicted molar refractivity (Wildman–Crippen MR) is 40.6 cm³/mol. The highest BCUT2D eigenvalue weighted by Crippen LogP contribution is 2.21. The fraction of sp³-hybridized carbons (Fsp3) is 0.714. The molecule has 0 aliphatic carbocycles. The molecular formula is C7H12ClO2. The second kappa shape index (κ2) is 3.81. The normalized spacial score (nSPS) is 16.0. The lowest BCUT2D eigenvalue weighted by Gasteiger charge is -2.20. The Morgan fingerprint density at radius 1 is 1.80 bits per heavy atom. The number of halogens is 1. The molecule has 0 aromatic heterocycles. The number of esters is 1. The second-order valence-corrected chi connectivity index (χ2v) is 2.92. The van der Waals surface area contributed by atoms with Crippen LogP contribution in [0.3, 0.4) is 0 Å². The third-order valence-corrected chi connectivity index (χ3v) is 1.22. The van der Waals surface area contributed by atoms with E-state index in [0.717, 1.165) is 6.42 Å². The fourth-order valence-electron chi connectivity index (χ4n) is 0.682. The standard InChI is InChI=1S/C7H12ClO2/c1-4-5-7(3,8)10-6(2)9/h3-5H2,1-2H3. The van der Waals surface area contributed by atoms with Gasteiger partial charge in [0.15, 0.2) is 5.06 Å². The van der Waals surface area contributed by atoms with Gasteiger partial charge < -0.3 is 4.74 Å². The van der Waals surface area contributed by atoms with Gasteiger partial charge in [0.25, 0.3) is 0 Å². The highest BCUT2D eigenvalue weighted by Gasteiger charge is 2.22. The highest BCUT2D eigenvalue weighted by molar-refractivity contribution is 6.23. The maximum Gasteiger partial charge on any atom is 0.304 e. The van der Waals surface area contributed by atoms with Gasteiger partial charge in [0, 0.05) is 20.3 Å². The largest absolute Gasteiger partial charge is 0.443 e. The number of ether oxygens (including phenoxy) is 1. The van der Waals surface area contributed by atoms with Crippen molar-refractivity contribution in [2.75, 3.05) is 0 Å². The minimum Gasteiger partial charge on any atom is -0.443 e. The molecule has 0 spiro atoms. The zero-order chi connectivity index (χ0) is 8.20. The van der Waals surface area contributed by atoms with E-state index in [-0.39, 0.29) is 0 Å². The van der Waals surface area contributed by atoms with Crippen molar-refractivity contribution >= 4 is 17.6 Å². The number of carbonyl (C=O) groups is 1. The third-order valence-electron chi connectivity index (χ3n) is 0.950. The summed E-state index contributed by atoms with van der Waals surface area (Å²) in [7, 11) is 0. The topological polar surface area (TPSA) is 26.3 Å². The van der Waals surface area contributed by atoms with E-state index in [2.05, 4.69) is 6.92 Å². The van der Waals surface area contributed by atoms with Crippen molar-refractivity contribution in [3.05, 3.63) is 6.92 Å². The average Bonchev–Trinajstić information content (AvgIpc) is 1.59. The zero-order valence-corrected chi connectivity index (χ0v) is 7.07. The van der Waals surface area contributed by atoms with Crippen molar-refractivity contribution in [3.63, 3.8) is 0 Å². The second-order valence-electron chi connectivity index (χ2n) is 2.23. The predicted octanol–water partition coefficient (Wildman–Crippen LogP) is 2.12. The summed E-state index contributed by atoms with van der Waals surface area (Å²) >= 11 is 5.68. The first-order valence-electron chi connectivity index (χ1n) is 3.22. The summed E-state index contributed by atoms with van der Waals surface area (Å²) in [5.41, 5.74) is 0. The minimum absolute atomic E-state index is 0.390. The Kier molecular flexibility index (Phi) is 3.72. The van der Waals surface area contributed by atoms with Crippen molar-refractivity contribution in [1.29, 1.82) is 0 Å². The Balaban J connectivity index is 3.74. The number of carbonyl (C=O) groups excluding carboxylic acids is 1. The molecule has 0 aromatic rings. The van der Waals surface area contributed by atoms with E-state index in [1.165, 1.54) is 6.92 Å². The first-order chi connectivity index (χ1) is 4.48. The molecule has 0 bridgehead atoms. The van der Waals surface area contributed by atoms with Gasteiger partial charge >= 0.3 is 5.97 Å². The maximum atomic E-state index is 10.4. The van der Waals surface area contributed by atoms with E-state index >= 15 is 0 Å². The summed E-state index contributed by atoms with van der Waals surface area (Å²) in [4.78, 5) is 10.4. The van der Waals surface area contributed by atoms with Crippen molar-refractivity contribution in [3.8, 4) is 0 Å². The summed E-state index contributed by atoms with van der Waals surface area (Å²) in [5.74, 6) is -0.390. The summed E-state index contributed by atoms with van der Waals surface area (Å²) in [6.07, 6.45) is 1.43. The van der Waals surface area contributed by atoms with Crippen LogP contribution in [-0.4, -0.2) is 11.0 Å². The maximum absolute atomic E-state index is 10.4. The Labute approximate surface area is 66.5 Å². The molecule has 1 radical (unpaired) electrons. The Bertz CT molecular complexity index is 121. The van der Waals surface area contributed by atoms with Crippen LogP contribution in [0.2, 0.25) is 0 Å². The minimum atomic E-state index is -1.05. The molecule has 10 heavy (non-hydrogen) atoms. The smallest absolute Gasteiger partial charge is 0.304 e. The number of hydrogen-bond donors (Lipinski definition) is 0. The van der Waals surface area contributed by atoms with Crippen LogP contribution >= 0.6 is 11.6 Å². The molecule has 0 amide bonds. The van der Waals surface area contributed by atoms with E-state index in [1.807, 2.05) is 6.92 Å². The van der Waals surface area contributed by atoms with Crippen LogP contribution in [-0.2, 0) is 9.53 Å². The van der Waals surface area contributed by atoms with E-state index in [1.54, 1.807) is 0 Å². The fourth-order valence-corrected chi connectivity index (χ4v) is 0.980. The molecule has 0 aliphatic heterocycles. The van der Waals surface area contributed by atoms with Crippen LogP contribution in [0, 0.1) is 6.92 Å². The Morgan fingerprint density at radius 2 is 2.30 bits per heavy atom. The molecule has 0 fully saturated rings. The molecule has 0 saturated carbocycles. The van der Waals surface area contributed by atoms with Crippen LogP contribution in [0.1, 0.15) is 26.7 Å². The van der Waals surface area contributed by atoms with Crippen molar-refractivity contribution in [2.24, 2.45) is 0 Å². The van der Waals surface area contributed by atoms with Gasteiger partial charge in [-0.25, -0.2) is 0 Å². The molecule has 0 rings (SSSR count). The quantitative estimate of drug-likeness (QED) is 0.471. The van der Waals surface area contributed by atoms with Crippen molar-refractivity contribution < 1.29 is 9.53 Å². The molecular weight excluding hydrogens is 152 g/mol. The Morgan fingerprint density at radius 3 is 2.60 bits per heavy atom. The first-order valence-corrected chi connectivity index (χ1v) is 3.59. The van der Waals surface area contributed by atoms with Crippen LogP contribution in [0.15, 0.2) is 0 Å². The lowest BCUT2D eigenvalue weighted by atomic mass is 10.2. The van der Waals surface area contributed by atoms with Gasteiger partial charge in [0.05, 0.1) is 0 Å². The molecule has 0 N–H and O–H groups in total. The number of hydrogen-bond acceptors (Lipinski definition) is 2. The van der Waals surface area contributed by atoms with E-state index < -0.39 is 11.0 Å². The first kappa shape index (κ1) is 9.76. The molecule has 1 atom stereocenters. The van der Waals surface area contributed by atoms with E-state index in [4.69, 9.17) is 16.3 Å². The van der Waals surface area contributed by atoms with E-state index in [0.29, 0.717) is 6.42 Å². The van der Waals surface area contributed by atoms with Crippen molar-refractivity contribution in [2.45, 2.75) is 31.7 Å². The summed E-state index contributed by atoms with van der Waals surface area (Å²) in [6, 6.07) is 0. The van der Waals surface area contributed by atoms with Crippen LogP contribution in [0.25, 0.3) is 0 Å². The molecule has 0 aromatic carbocycles. The molecule has 0 aliphatic rings. The van der Waals surface area contributed by atoms with Gasteiger partial charge in [-0.2, -0.15) is 0 Å². The monoisotopic (exact) mass is 163 g/mol. The van der Waals surface area contributed by atoms with Crippen LogP contribution in [0.5, 0.6) is 0 Å². The van der Waals surface area contributed by atoms with Gasteiger partial charge in [-0.3, -0.25) is 4.79 Å². The van der Waals surface area contributed by atoms with Gasteiger partial charge in [0.2, 0.25) is 0 Å². The molecule has 1 unspecified atom stereocenters. The van der Waals surface area contributed by atoms with Gasteiger partial charge in [-0.1, -0.05) is 24.9 Å². The summed E-state index contributed by atoms with van der Waals surface area (Å²) in [5, 5.41) is -1.05. The Hall–Kier alpha value is -0.240. The van der Waals surface area contributed by atoms with Gasteiger partial charge in [-0.05, 0) is 0 Å². The lowest BCUT2D eigenvalue weighted by Crippen LogP contribution is -2.23. The summed E-state index contributed by atoms with van der Waals surface area (Å²) in [6.45, 7) is 6.79. The molecule has 0 heterocycles. The summed E-state index contributed by atoms with van der Waals surface area (Å²) < 4.78 is 4.69. The van der Waals surface area contributed by atoms with Crippen molar-refractivity contribution in [1.82, 2.24) is 0 Å². The third kappa shape index (κ3) is 4.62. The van der Waals surface area contributed by atoms with E-state index in [9.17, 15) is 4.79 Å². The lowest BCUT2D eigenvalue weighted by molar-refractivity contribution is -0.147. The molecule has 0 saturated heterocycles.